The lowest BCUT2D eigenvalue weighted by Gasteiger charge is -2.12. The Morgan fingerprint density at radius 1 is 1.53 bits per heavy atom. The van der Waals surface area contributed by atoms with Crippen LogP contribution in [-0.2, 0) is 6.42 Å². The summed E-state index contributed by atoms with van der Waals surface area (Å²) in [7, 11) is 3.44. The van der Waals surface area contributed by atoms with Gasteiger partial charge >= 0.3 is 0 Å². The number of nitro groups is 1. The predicted molar refractivity (Wildman–Crippen MR) is 56.6 cm³/mol. The molecule has 1 aromatic rings. The van der Waals surface area contributed by atoms with E-state index >= 15 is 0 Å². The van der Waals surface area contributed by atoms with Crippen molar-refractivity contribution in [1.82, 2.24) is 0 Å². The van der Waals surface area contributed by atoms with Gasteiger partial charge in [-0.05, 0) is 12.5 Å². The zero-order chi connectivity index (χ0) is 11.0. The van der Waals surface area contributed by atoms with E-state index in [0.717, 1.165) is 24.3 Å². The van der Waals surface area contributed by atoms with Crippen LogP contribution in [0.25, 0.3) is 0 Å². The second kappa shape index (κ2) is 3.42. The van der Waals surface area contributed by atoms with Gasteiger partial charge in [0.1, 0.15) is 11.4 Å². The molecule has 0 saturated heterocycles. The number of likely N-dealkylation sites (N-methyl/N-ethyl adjacent to an activating group) is 1. The standard InChI is InChI=1S/C10H12N2O3/c1-11-6-5-7-9(15-2)4-3-8(10(7)11)12(13)14/h3-4H,5-6H2,1-2H3. The molecule has 5 heteroatoms. The Labute approximate surface area is 87.4 Å². The quantitative estimate of drug-likeness (QED) is 0.547. The molecule has 0 aliphatic carbocycles. The van der Waals surface area contributed by atoms with E-state index in [-0.39, 0.29) is 10.6 Å². The second-order valence-corrected chi connectivity index (χ2v) is 3.54. The molecule has 80 valence electrons. The molecular formula is C10H12N2O3. The fourth-order valence-corrected chi connectivity index (χ4v) is 2.00. The molecule has 0 saturated carbocycles. The largest absolute Gasteiger partial charge is 0.496 e. The van der Waals surface area contributed by atoms with E-state index < -0.39 is 0 Å². The van der Waals surface area contributed by atoms with Gasteiger partial charge in [-0.15, -0.1) is 0 Å². The fourth-order valence-electron chi connectivity index (χ4n) is 2.00. The number of benzene rings is 1. The van der Waals surface area contributed by atoms with Crippen molar-refractivity contribution >= 4 is 11.4 Å². The minimum atomic E-state index is -0.347. The molecule has 2 rings (SSSR count). The minimum Gasteiger partial charge on any atom is -0.496 e. The molecule has 0 bridgehead atoms. The van der Waals surface area contributed by atoms with Crippen LogP contribution in [0.3, 0.4) is 0 Å². The van der Waals surface area contributed by atoms with Crippen LogP contribution in [0, 0.1) is 10.1 Å². The number of fused-ring (bicyclic) bond motifs is 1. The van der Waals surface area contributed by atoms with Gasteiger partial charge in [0.2, 0.25) is 0 Å². The molecule has 0 atom stereocenters. The molecular weight excluding hydrogens is 196 g/mol. The van der Waals surface area contributed by atoms with E-state index in [4.69, 9.17) is 4.74 Å². The predicted octanol–water partition coefficient (Wildman–Crippen LogP) is 1.60. The monoisotopic (exact) mass is 208 g/mol. The van der Waals surface area contributed by atoms with Gasteiger partial charge < -0.3 is 9.64 Å². The van der Waals surface area contributed by atoms with Crippen molar-refractivity contribution in [2.75, 3.05) is 25.6 Å². The van der Waals surface area contributed by atoms with Crippen molar-refractivity contribution in [3.05, 3.63) is 27.8 Å². The molecule has 0 unspecified atom stereocenters. The molecule has 1 aliphatic rings. The first-order chi connectivity index (χ1) is 7.15. The van der Waals surface area contributed by atoms with Crippen LogP contribution in [-0.4, -0.2) is 25.6 Å². The van der Waals surface area contributed by atoms with Gasteiger partial charge in [-0.3, -0.25) is 10.1 Å². The minimum absolute atomic E-state index is 0.158. The number of hydrogen-bond acceptors (Lipinski definition) is 4. The highest BCUT2D eigenvalue weighted by Crippen LogP contribution is 2.41. The van der Waals surface area contributed by atoms with Gasteiger partial charge in [-0.1, -0.05) is 0 Å². The van der Waals surface area contributed by atoms with Crippen LogP contribution in [0.5, 0.6) is 5.75 Å². The third-order valence-electron chi connectivity index (χ3n) is 2.71. The Hall–Kier alpha value is -1.78. The Morgan fingerprint density at radius 2 is 2.27 bits per heavy atom. The van der Waals surface area contributed by atoms with Crippen molar-refractivity contribution in [1.29, 1.82) is 0 Å². The smallest absolute Gasteiger partial charge is 0.293 e. The molecule has 0 spiro atoms. The van der Waals surface area contributed by atoms with Gasteiger partial charge in [-0.2, -0.15) is 0 Å². The Morgan fingerprint density at radius 3 is 2.87 bits per heavy atom. The number of methoxy groups -OCH3 is 1. The van der Waals surface area contributed by atoms with Crippen LogP contribution in [0.15, 0.2) is 12.1 Å². The summed E-state index contributed by atoms with van der Waals surface area (Å²) in [5.41, 5.74) is 1.79. The summed E-state index contributed by atoms with van der Waals surface area (Å²) in [4.78, 5) is 12.4. The van der Waals surface area contributed by atoms with Gasteiger partial charge in [0, 0.05) is 25.2 Å². The summed E-state index contributed by atoms with van der Waals surface area (Å²) in [6, 6.07) is 3.16. The Bertz CT molecular complexity index is 417. The third-order valence-corrected chi connectivity index (χ3v) is 2.71. The second-order valence-electron chi connectivity index (χ2n) is 3.54. The van der Waals surface area contributed by atoms with Gasteiger partial charge in [-0.25, -0.2) is 0 Å². The topological polar surface area (TPSA) is 55.6 Å². The van der Waals surface area contributed by atoms with E-state index in [0.29, 0.717) is 5.69 Å². The van der Waals surface area contributed by atoms with Gasteiger partial charge in [0.25, 0.3) is 5.69 Å². The molecule has 5 nitrogen and oxygen atoms in total. The molecule has 0 fully saturated rings. The first-order valence-corrected chi connectivity index (χ1v) is 4.70. The molecule has 0 amide bonds. The zero-order valence-electron chi connectivity index (χ0n) is 8.69. The summed E-state index contributed by atoms with van der Waals surface area (Å²) >= 11 is 0. The lowest BCUT2D eigenvalue weighted by Crippen LogP contribution is -2.13. The van der Waals surface area contributed by atoms with Crippen molar-refractivity contribution in [3.8, 4) is 5.75 Å². The maximum Gasteiger partial charge on any atom is 0.293 e. The number of anilines is 1. The average molecular weight is 208 g/mol. The lowest BCUT2D eigenvalue weighted by atomic mass is 10.1. The van der Waals surface area contributed by atoms with Crippen LogP contribution in [0.2, 0.25) is 0 Å². The van der Waals surface area contributed by atoms with Gasteiger partial charge in [0.15, 0.2) is 0 Å². The van der Waals surface area contributed by atoms with E-state index in [1.54, 1.807) is 13.2 Å². The first kappa shape index (κ1) is 9.76. The molecule has 15 heavy (non-hydrogen) atoms. The van der Waals surface area contributed by atoms with Crippen molar-refractivity contribution in [2.24, 2.45) is 0 Å². The van der Waals surface area contributed by atoms with Crippen molar-refractivity contribution in [2.45, 2.75) is 6.42 Å². The molecule has 1 heterocycles. The van der Waals surface area contributed by atoms with Crippen molar-refractivity contribution < 1.29 is 9.66 Å². The van der Waals surface area contributed by atoms with E-state index in [2.05, 4.69) is 0 Å². The number of rotatable bonds is 2. The van der Waals surface area contributed by atoms with E-state index in [9.17, 15) is 10.1 Å². The fraction of sp³-hybridized carbons (Fsp3) is 0.400. The molecule has 0 N–H and O–H groups in total. The number of nitrogens with zero attached hydrogens (tertiary/aromatic N) is 2. The third kappa shape index (κ3) is 1.40. The van der Waals surface area contributed by atoms with Crippen molar-refractivity contribution in [3.63, 3.8) is 0 Å². The molecule has 1 aromatic carbocycles. The van der Waals surface area contributed by atoms with Crippen LogP contribution in [0.1, 0.15) is 5.56 Å². The van der Waals surface area contributed by atoms with E-state index in [1.807, 2.05) is 11.9 Å². The normalized spacial score (nSPS) is 13.9. The highest BCUT2D eigenvalue weighted by atomic mass is 16.6. The summed E-state index contributed by atoms with van der Waals surface area (Å²) in [6.07, 6.45) is 0.802. The molecule has 1 aliphatic heterocycles. The van der Waals surface area contributed by atoms with Crippen LogP contribution >= 0.6 is 0 Å². The number of hydrogen-bond donors (Lipinski definition) is 0. The summed E-state index contributed by atoms with van der Waals surface area (Å²) < 4.78 is 5.19. The maximum atomic E-state index is 10.8. The molecule has 0 aromatic heterocycles. The highest BCUT2D eigenvalue weighted by Gasteiger charge is 2.28. The van der Waals surface area contributed by atoms with Crippen LogP contribution < -0.4 is 9.64 Å². The number of nitro benzene ring substituents is 1. The summed E-state index contributed by atoms with van der Waals surface area (Å²) in [6.45, 7) is 0.802. The maximum absolute atomic E-state index is 10.8. The highest BCUT2D eigenvalue weighted by molar-refractivity contribution is 5.74. The SMILES string of the molecule is COc1ccc([N+](=O)[O-])c2c1CCN2C. The molecule has 0 radical (unpaired) electrons. The van der Waals surface area contributed by atoms with Gasteiger partial charge in [0.05, 0.1) is 12.0 Å². The average Bonchev–Trinajstić information content (AvgIpc) is 2.60. The lowest BCUT2D eigenvalue weighted by molar-refractivity contribution is -0.384. The van der Waals surface area contributed by atoms with Crippen LogP contribution in [0.4, 0.5) is 11.4 Å². The van der Waals surface area contributed by atoms with E-state index in [1.165, 1.54) is 6.07 Å². The zero-order valence-corrected chi connectivity index (χ0v) is 8.69. The Kier molecular flexibility index (Phi) is 2.22. The number of ether oxygens (including phenoxy) is 1. The Balaban J connectivity index is 2.63. The summed E-state index contributed by atoms with van der Waals surface area (Å²) in [5.74, 6) is 0.736. The summed E-state index contributed by atoms with van der Waals surface area (Å²) in [5, 5.41) is 10.8. The first-order valence-electron chi connectivity index (χ1n) is 4.70.